The number of nitrogens with zero attached hydrogens (tertiary/aromatic N) is 1. The van der Waals surface area contributed by atoms with Gasteiger partial charge >= 0.3 is 0 Å². The minimum absolute atomic E-state index is 0.169. The van der Waals surface area contributed by atoms with Crippen LogP contribution in [0.4, 0.5) is 0 Å². The predicted octanol–water partition coefficient (Wildman–Crippen LogP) is 3.05. The van der Waals surface area contributed by atoms with Gasteiger partial charge in [-0.25, -0.2) is 4.98 Å². The Balaban J connectivity index is 1.90. The molecule has 0 aliphatic heterocycles. The number of thiazole rings is 1. The summed E-state index contributed by atoms with van der Waals surface area (Å²) in [6.45, 7) is 5.15. The molecule has 1 saturated carbocycles. The number of hydrogen-bond donors (Lipinski definition) is 2. The smallest absolute Gasteiger partial charge is 0.0959 e. The van der Waals surface area contributed by atoms with Crippen LogP contribution in [0, 0.1) is 0 Å². The van der Waals surface area contributed by atoms with E-state index >= 15 is 0 Å². The predicted molar refractivity (Wildman–Crippen MR) is 75.9 cm³/mol. The second-order valence-corrected chi connectivity index (χ2v) is 6.72. The fourth-order valence-electron chi connectivity index (χ4n) is 2.36. The van der Waals surface area contributed by atoms with Gasteiger partial charge in [-0.2, -0.15) is 0 Å². The molecular formula is C14H24N2OS. The van der Waals surface area contributed by atoms with Crippen molar-refractivity contribution in [2.75, 3.05) is 6.61 Å². The summed E-state index contributed by atoms with van der Waals surface area (Å²) in [5.74, 6) is 0.708. The first kappa shape index (κ1) is 14.0. The third-order valence-corrected chi connectivity index (χ3v) is 5.25. The topological polar surface area (TPSA) is 45.1 Å². The quantitative estimate of drug-likeness (QED) is 0.833. The number of aliphatic hydroxyl groups excluding tert-OH is 1. The molecule has 0 saturated heterocycles. The maximum absolute atomic E-state index is 9.37. The molecular weight excluding hydrogens is 244 g/mol. The summed E-state index contributed by atoms with van der Waals surface area (Å²) in [5.41, 5.74) is -0.169. The molecule has 1 fully saturated rings. The molecule has 0 amide bonds. The van der Waals surface area contributed by atoms with E-state index in [4.69, 9.17) is 0 Å². The first-order valence-electron chi connectivity index (χ1n) is 6.97. The zero-order valence-corrected chi connectivity index (χ0v) is 12.2. The molecule has 102 valence electrons. The fraction of sp³-hybridized carbons (Fsp3) is 0.786. The second-order valence-electron chi connectivity index (χ2n) is 5.57. The molecule has 1 aliphatic carbocycles. The summed E-state index contributed by atoms with van der Waals surface area (Å²) < 4.78 is 0. The van der Waals surface area contributed by atoms with Gasteiger partial charge in [0.25, 0.3) is 0 Å². The van der Waals surface area contributed by atoms with Crippen molar-refractivity contribution in [3.8, 4) is 0 Å². The lowest BCUT2D eigenvalue weighted by atomic mass is 10.0. The molecule has 18 heavy (non-hydrogen) atoms. The van der Waals surface area contributed by atoms with Gasteiger partial charge in [0.05, 0.1) is 11.6 Å². The Morgan fingerprint density at radius 2 is 2.22 bits per heavy atom. The molecule has 1 aliphatic rings. The van der Waals surface area contributed by atoms with Crippen LogP contribution in [0.2, 0.25) is 0 Å². The molecule has 0 spiro atoms. The van der Waals surface area contributed by atoms with Gasteiger partial charge in [0.2, 0.25) is 0 Å². The first-order valence-corrected chi connectivity index (χ1v) is 7.79. The van der Waals surface area contributed by atoms with Crippen molar-refractivity contribution >= 4 is 11.3 Å². The van der Waals surface area contributed by atoms with Crippen molar-refractivity contribution in [2.45, 2.75) is 64.0 Å². The second kappa shape index (κ2) is 6.13. The molecule has 0 aromatic carbocycles. The highest BCUT2D eigenvalue weighted by Crippen LogP contribution is 2.36. The third kappa shape index (κ3) is 3.31. The highest BCUT2D eigenvalue weighted by molar-refractivity contribution is 7.11. The zero-order valence-electron chi connectivity index (χ0n) is 11.4. The van der Waals surface area contributed by atoms with Crippen molar-refractivity contribution < 1.29 is 5.11 Å². The van der Waals surface area contributed by atoms with E-state index in [1.54, 1.807) is 0 Å². The van der Waals surface area contributed by atoms with E-state index in [9.17, 15) is 5.11 Å². The largest absolute Gasteiger partial charge is 0.394 e. The van der Waals surface area contributed by atoms with Crippen LogP contribution in [0.5, 0.6) is 0 Å². The molecule has 0 bridgehead atoms. The van der Waals surface area contributed by atoms with Crippen LogP contribution in [-0.2, 0) is 6.54 Å². The summed E-state index contributed by atoms with van der Waals surface area (Å²) in [6, 6.07) is 0. The van der Waals surface area contributed by atoms with Crippen LogP contribution >= 0.6 is 11.3 Å². The van der Waals surface area contributed by atoms with Gasteiger partial charge in [-0.3, -0.25) is 0 Å². The van der Waals surface area contributed by atoms with Gasteiger partial charge in [-0.05, 0) is 26.2 Å². The highest BCUT2D eigenvalue weighted by atomic mass is 32.1. The Morgan fingerprint density at radius 3 is 2.83 bits per heavy atom. The van der Waals surface area contributed by atoms with Crippen LogP contribution in [0.25, 0.3) is 0 Å². The number of aromatic nitrogens is 1. The zero-order chi connectivity index (χ0) is 13.0. The van der Waals surface area contributed by atoms with Crippen molar-refractivity contribution in [3.63, 3.8) is 0 Å². The lowest BCUT2D eigenvalue weighted by Gasteiger charge is -2.26. The number of hydrogen-bond acceptors (Lipinski definition) is 4. The minimum atomic E-state index is -0.169. The maximum atomic E-state index is 9.37. The Bertz CT molecular complexity index is 368. The van der Waals surface area contributed by atoms with E-state index in [2.05, 4.69) is 24.1 Å². The lowest BCUT2D eigenvalue weighted by Crippen LogP contribution is -2.44. The Labute approximate surface area is 114 Å². The van der Waals surface area contributed by atoms with Crippen LogP contribution in [0.3, 0.4) is 0 Å². The average Bonchev–Trinajstić information content (AvgIpc) is 3.06. The fourth-order valence-corrected chi connectivity index (χ4v) is 3.39. The van der Waals surface area contributed by atoms with Crippen molar-refractivity contribution in [1.82, 2.24) is 10.3 Å². The first-order chi connectivity index (χ1) is 8.67. The van der Waals surface area contributed by atoms with E-state index in [0.717, 1.165) is 13.0 Å². The number of aliphatic hydroxyl groups is 1. The third-order valence-electron chi connectivity index (χ3n) is 4.09. The van der Waals surface area contributed by atoms with Gasteiger partial charge in [0.1, 0.15) is 0 Å². The molecule has 1 unspecified atom stereocenters. The van der Waals surface area contributed by atoms with Gasteiger partial charge in [-0.1, -0.05) is 19.8 Å². The van der Waals surface area contributed by atoms with Gasteiger partial charge in [-0.15, -0.1) is 11.3 Å². The van der Waals surface area contributed by atoms with Crippen LogP contribution in [0.15, 0.2) is 6.20 Å². The molecule has 1 aromatic heterocycles. The van der Waals surface area contributed by atoms with Crippen molar-refractivity contribution in [2.24, 2.45) is 0 Å². The minimum Gasteiger partial charge on any atom is -0.394 e. The molecule has 3 nitrogen and oxygen atoms in total. The van der Waals surface area contributed by atoms with Gasteiger partial charge in [0, 0.05) is 29.1 Å². The van der Waals surface area contributed by atoms with E-state index in [1.807, 2.05) is 17.5 Å². The lowest BCUT2D eigenvalue weighted by molar-refractivity contribution is 0.169. The molecule has 1 heterocycles. The van der Waals surface area contributed by atoms with Gasteiger partial charge < -0.3 is 10.4 Å². The Hall–Kier alpha value is -0.450. The number of nitrogens with one attached hydrogen (secondary N) is 1. The molecule has 0 radical (unpaired) electrons. The Morgan fingerprint density at radius 1 is 1.50 bits per heavy atom. The molecule has 4 heteroatoms. The summed E-state index contributed by atoms with van der Waals surface area (Å²) in [5, 5.41) is 14.1. The van der Waals surface area contributed by atoms with Crippen LogP contribution in [-0.4, -0.2) is 22.2 Å². The highest BCUT2D eigenvalue weighted by Gasteiger charge is 2.22. The molecule has 2 N–H and O–H groups in total. The average molecular weight is 268 g/mol. The molecule has 1 aromatic rings. The van der Waals surface area contributed by atoms with E-state index in [1.165, 1.54) is 35.6 Å². The SMILES string of the molecule is CCC(C)(CO)NCc1cnc(C2CCCC2)s1. The van der Waals surface area contributed by atoms with E-state index < -0.39 is 0 Å². The van der Waals surface area contributed by atoms with Crippen LogP contribution < -0.4 is 5.32 Å². The standard InChI is InChI=1S/C14H24N2OS/c1-3-14(2,10-17)16-9-12-8-15-13(18-12)11-6-4-5-7-11/h8,11,16-17H,3-7,9-10H2,1-2H3. The normalized spacial score (nSPS) is 20.2. The maximum Gasteiger partial charge on any atom is 0.0959 e. The summed E-state index contributed by atoms with van der Waals surface area (Å²) in [7, 11) is 0. The van der Waals surface area contributed by atoms with E-state index in [0.29, 0.717) is 5.92 Å². The molecule has 2 rings (SSSR count). The van der Waals surface area contributed by atoms with Gasteiger partial charge in [0.15, 0.2) is 0 Å². The summed E-state index contributed by atoms with van der Waals surface area (Å²) in [6.07, 6.45) is 8.26. The van der Waals surface area contributed by atoms with Crippen molar-refractivity contribution in [3.05, 3.63) is 16.1 Å². The number of rotatable bonds is 6. The summed E-state index contributed by atoms with van der Waals surface area (Å²) in [4.78, 5) is 5.85. The van der Waals surface area contributed by atoms with Crippen LogP contribution in [0.1, 0.15) is 61.8 Å². The Kier molecular flexibility index (Phi) is 4.76. The molecule has 1 atom stereocenters. The summed E-state index contributed by atoms with van der Waals surface area (Å²) >= 11 is 1.84. The van der Waals surface area contributed by atoms with Crippen molar-refractivity contribution in [1.29, 1.82) is 0 Å². The van der Waals surface area contributed by atoms with E-state index in [-0.39, 0.29) is 12.1 Å². The monoisotopic (exact) mass is 268 g/mol.